The summed E-state index contributed by atoms with van der Waals surface area (Å²) in [6.45, 7) is 2.44. The first-order valence-corrected chi connectivity index (χ1v) is 8.98. The highest BCUT2D eigenvalue weighted by Crippen LogP contribution is 2.58. The van der Waals surface area contributed by atoms with E-state index in [1.807, 2.05) is 13.1 Å². The summed E-state index contributed by atoms with van der Waals surface area (Å²) in [6, 6.07) is 0. The summed E-state index contributed by atoms with van der Waals surface area (Å²) in [7, 11) is -2.93. The third-order valence-corrected chi connectivity index (χ3v) is 6.52. The Balaban J connectivity index is 1.47. The zero-order valence-electron chi connectivity index (χ0n) is 11.5. The second kappa shape index (κ2) is 4.62. The first-order valence-electron chi connectivity index (χ1n) is 7.16. The molecule has 1 spiro atoms. The van der Waals surface area contributed by atoms with Gasteiger partial charge in [0.05, 0.1) is 24.2 Å². The van der Waals surface area contributed by atoms with Crippen molar-refractivity contribution >= 4 is 9.84 Å². The summed E-state index contributed by atoms with van der Waals surface area (Å²) in [6.07, 6.45) is 9.95. The van der Waals surface area contributed by atoms with Gasteiger partial charge < -0.3 is 0 Å². The molecule has 0 aliphatic heterocycles. The molecule has 2 aliphatic carbocycles. The molecule has 0 aromatic carbocycles. The lowest BCUT2D eigenvalue weighted by atomic mass is 9.52. The molecule has 5 heteroatoms. The molecule has 0 saturated heterocycles. The minimum absolute atomic E-state index is 0.220. The number of hydrogen-bond acceptors (Lipinski definition) is 3. The van der Waals surface area contributed by atoms with E-state index < -0.39 is 9.84 Å². The predicted molar refractivity (Wildman–Crippen MR) is 74.6 cm³/mol. The Morgan fingerprint density at radius 1 is 1.42 bits per heavy atom. The van der Waals surface area contributed by atoms with Crippen LogP contribution >= 0.6 is 0 Å². The van der Waals surface area contributed by atoms with E-state index in [1.54, 1.807) is 10.9 Å². The quantitative estimate of drug-likeness (QED) is 0.832. The average Bonchev–Trinajstić information content (AvgIpc) is 2.64. The predicted octanol–water partition coefficient (Wildman–Crippen LogP) is 2.19. The maximum absolute atomic E-state index is 12.1. The first-order chi connectivity index (χ1) is 8.96. The van der Waals surface area contributed by atoms with E-state index in [2.05, 4.69) is 5.10 Å². The highest BCUT2D eigenvalue weighted by molar-refractivity contribution is 7.91. The van der Waals surface area contributed by atoms with Gasteiger partial charge in [-0.25, -0.2) is 8.42 Å². The smallest absolute Gasteiger partial charge is 0.152 e. The van der Waals surface area contributed by atoms with Crippen LogP contribution in [0, 0.1) is 18.3 Å². The molecule has 2 fully saturated rings. The summed E-state index contributed by atoms with van der Waals surface area (Å²) >= 11 is 0. The van der Waals surface area contributed by atoms with Crippen LogP contribution in [-0.4, -0.2) is 29.7 Å². The molecule has 0 bridgehead atoms. The van der Waals surface area contributed by atoms with Gasteiger partial charge in [0.1, 0.15) is 0 Å². The number of rotatable bonds is 5. The van der Waals surface area contributed by atoms with Crippen LogP contribution in [0.5, 0.6) is 0 Å². The minimum atomic E-state index is -2.93. The highest BCUT2D eigenvalue weighted by Gasteiger charge is 2.48. The zero-order chi connectivity index (χ0) is 13.5. The molecule has 2 saturated carbocycles. The van der Waals surface area contributed by atoms with E-state index in [4.69, 9.17) is 0 Å². The number of nitrogens with zero attached hydrogens (tertiary/aromatic N) is 2. The van der Waals surface area contributed by atoms with E-state index in [-0.39, 0.29) is 5.75 Å². The molecule has 4 nitrogen and oxygen atoms in total. The van der Waals surface area contributed by atoms with Crippen LogP contribution in [0.15, 0.2) is 12.4 Å². The standard InChI is InChI=1S/C14H22N2O2S/c1-12-9-15-16(10-12)5-6-19(17,18)11-13-7-14(8-13)3-2-4-14/h9-10,13H,2-8,11H2,1H3. The lowest BCUT2D eigenvalue weighted by molar-refractivity contribution is -0.0147. The average molecular weight is 282 g/mol. The van der Waals surface area contributed by atoms with Crippen molar-refractivity contribution in [3.05, 3.63) is 18.0 Å². The lowest BCUT2D eigenvalue weighted by Crippen LogP contribution is -2.45. The van der Waals surface area contributed by atoms with Gasteiger partial charge in [-0.05, 0) is 49.5 Å². The second-order valence-electron chi connectivity index (χ2n) is 6.52. The van der Waals surface area contributed by atoms with Gasteiger partial charge in [0.2, 0.25) is 0 Å². The molecular formula is C14H22N2O2S. The number of aromatic nitrogens is 2. The second-order valence-corrected chi connectivity index (χ2v) is 8.75. The van der Waals surface area contributed by atoms with Crippen molar-refractivity contribution < 1.29 is 8.42 Å². The molecule has 3 rings (SSSR count). The van der Waals surface area contributed by atoms with Crippen LogP contribution in [0.4, 0.5) is 0 Å². The van der Waals surface area contributed by atoms with Crippen molar-refractivity contribution in [3.63, 3.8) is 0 Å². The third-order valence-electron chi connectivity index (χ3n) is 4.74. The van der Waals surface area contributed by atoms with Crippen molar-refractivity contribution in [1.29, 1.82) is 0 Å². The summed E-state index contributed by atoms with van der Waals surface area (Å²) < 4.78 is 25.9. The molecule has 0 unspecified atom stereocenters. The van der Waals surface area contributed by atoms with Crippen LogP contribution in [0.2, 0.25) is 0 Å². The number of sulfone groups is 1. The van der Waals surface area contributed by atoms with Crippen molar-refractivity contribution in [2.75, 3.05) is 11.5 Å². The Bertz CT molecular complexity index is 550. The van der Waals surface area contributed by atoms with E-state index in [1.165, 1.54) is 19.3 Å². The van der Waals surface area contributed by atoms with Crippen molar-refractivity contribution in [2.24, 2.45) is 11.3 Å². The molecule has 19 heavy (non-hydrogen) atoms. The summed E-state index contributed by atoms with van der Waals surface area (Å²) in [5, 5.41) is 4.13. The van der Waals surface area contributed by atoms with Crippen molar-refractivity contribution in [3.8, 4) is 0 Å². The maximum Gasteiger partial charge on any atom is 0.152 e. The van der Waals surface area contributed by atoms with Gasteiger partial charge in [0.15, 0.2) is 9.84 Å². The molecule has 0 radical (unpaired) electrons. The molecule has 1 aromatic heterocycles. The molecule has 0 N–H and O–H groups in total. The number of aryl methyl sites for hydroxylation is 2. The summed E-state index contributed by atoms with van der Waals surface area (Å²) in [5.74, 6) is 1.02. The van der Waals surface area contributed by atoms with Gasteiger partial charge in [-0.1, -0.05) is 6.42 Å². The lowest BCUT2D eigenvalue weighted by Gasteiger charge is -2.54. The van der Waals surface area contributed by atoms with Gasteiger partial charge in [-0.15, -0.1) is 0 Å². The van der Waals surface area contributed by atoms with Gasteiger partial charge in [-0.3, -0.25) is 4.68 Å². The first kappa shape index (κ1) is 13.2. The fraction of sp³-hybridized carbons (Fsp3) is 0.786. The molecule has 2 aliphatic rings. The SMILES string of the molecule is Cc1cnn(CCS(=O)(=O)CC2CC3(CCC3)C2)c1. The van der Waals surface area contributed by atoms with Crippen LogP contribution in [0.1, 0.15) is 37.7 Å². The van der Waals surface area contributed by atoms with Gasteiger partial charge in [0, 0.05) is 6.20 Å². The van der Waals surface area contributed by atoms with Crippen molar-refractivity contribution in [1.82, 2.24) is 9.78 Å². The fourth-order valence-corrected chi connectivity index (χ4v) is 5.22. The zero-order valence-corrected chi connectivity index (χ0v) is 12.3. The van der Waals surface area contributed by atoms with E-state index in [9.17, 15) is 8.42 Å². The van der Waals surface area contributed by atoms with Crippen LogP contribution in [-0.2, 0) is 16.4 Å². The minimum Gasteiger partial charge on any atom is -0.271 e. The molecule has 1 aromatic rings. The molecule has 106 valence electrons. The Morgan fingerprint density at radius 2 is 2.16 bits per heavy atom. The Hall–Kier alpha value is -0.840. The van der Waals surface area contributed by atoms with E-state index in [0.29, 0.717) is 23.6 Å². The van der Waals surface area contributed by atoms with Crippen LogP contribution in [0.25, 0.3) is 0 Å². The molecule has 0 amide bonds. The Morgan fingerprint density at radius 3 is 2.68 bits per heavy atom. The van der Waals surface area contributed by atoms with E-state index >= 15 is 0 Å². The van der Waals surface area contributed by atoms with Crippen molar-refractivity contribution in [2.45, 2.75) is 45.6 Å². The number of hydrogen-bond donors (Lipinski definition) is 0. The largest absolute Gasteiger partial charge is 0.271 e. The maximum atomic E-state index is 12.1. The van der Waals surface area contributed by atoms with Crippen LogP contribution in [0.3, 0.4) is 0 Å². The van der Waals surface area contributed by atoms with Gasteiger partial charge >= 0.3 is 0 Å². The van der Waals surface area contributed by atoms with Gasteiger partial charge in [0.25, 0.3) is 0 Å². The topological polar surface area (TPSA) is 52.0 Å². The van der Waals surface area contributed by atoms with Crippen LogP contribution < -0.4 is 0 Å². The van der Waals surface area contributed by atoms with E-state index in [0.717, 1.165) is 18.4 Å². The Labute approximate surface area is 115 Å². The summed E-state index contributed by atoms with van der Waals surface area (Å²) in [4.78, 5) is 0. The third kappa shape index (κ3) is 2.86. The normalized spacial score (nSPS) is 22.2. The summed E-state index contributed by atoms with van der Waals surface area (Å²) in [5.41, 5.74) is 1.64. The molecule has 1 heterocycles. The monoisotopic (exact) mass is 282 g/mol. The molecule has 0 atom stereocenters. The van der Waals surface area contributed by atoms with Gasteiger partial charge in [-0.2, -0.15) is 5.10 Å². The molecular weight excluding hydrogens is 260 g/mol. The highest BCUT2D eigenvalue weighted by atomic mass is 32.2. The fourth-order valence-electron chi connectivity index (χ4n) is 3.63. The Kier molecular flexibility index (Phi) is 3.20.